The Morgan fingerprint density at radius 1 is 1.03 bits per heavy atom. The Morgan fingerprint density at radius 2 is 1.80 bits per heavy atom. The number of thiophene rings is 1. The Morgan fingerprint density at radius 3 is 2.53 bits per heavy atom. The van der Waals surface area contributed by atoms with Gasteiger partial charge in [0.15, 0.2) is 11.5 Å². The molecule has 0 atom stereocenters. The van der Waals surface area contributed by atoms with Crippen molar-refractivity contribution in [2.75, 3.05) is 5.32 Å². The van der Waals surface area contributed by atoms with Gasteiger partial charge in [0.1, 0.15) is 0 Å². The van der Waals surface area contributed by atoms with Crippen LogP contribution < -0.4 is 5.32 Å². The van der Waals surface area contributed by atoms with Gasteiger partial charge in [-0.3, -0.25) is 0 Å². The number of nitrogens with zero attached hydrogens (tertiary/aromatic N) is 4. The zero-order valence-electron chi connectivity index (χ0n) is 16.0. The number of sulfone groups is 1. The van der Waals surface area contributed by atoms with Crippen LogP contribution in [0.2, 0.25) is 0 Å². The lowest BCUT2D eigenvalue weighted by molar-refractivity contribution is 0.592. The Hall–Kier alpha value is -3.30. The molecule has 7 nitrogen and oxygen atoms in total. The molecule has 0 aliphatic carbocycles. The molecule has 0 aliphatic heterocycles. The van der Waals surface area contributed by atoms with Gasteiger partial charge < -0.3 is 5.32 Å². The van der Waals surface area contributed by atoms with Crippen molar-refractivity contribution < 1.29 is 8.42 Å². The smallest absolute Gasteiger partial charge is 0.229 e. The number of hydrogen-bond acceptors (Lipinski definition) is 7. The van der Waals surface area contributed by atoms with Crippen LogP contribution in [0.25, 0.3) is 15.9 Å². The first-order valence-electron chi connectivity index (χ1n) is 9.36. The summed E-state index contributed by atoms with van der Waals surface area (Å²) < 4.78 is 28.6. The van der Waals surface area contributed by atoms with Gasteiger partial charge >= 0.3 is 0 Å². The molecule has 5 rings (SSSR count). The maximum absolute atomic E-state index is 13.1. The van der Waals surface area contributed by atoms with E-state index >= 15 is 0 Å². The second-order valence-electron chi connectivity index (χ2n) is 6.72. The lowest BCUT2D eigenvalue weighted by atomic mass is 10.1. The molecule has 150 valence electrons. The van der Waals surface area contributed by atoms with E-state index < -0.39 is 9.84 Å². The average molecular weight is 436 g/mol. The van der Waals surface area contributed by atoms with Crippen LogP contribution in [0.5, 0.6) is 0 Å². The van der Waals surface area contributed by atoms with Crippen LogP contribution in [-0.4, -0.2) is 28.2 Å². The van der Waals surface area contributed by atoms with Gasteiger partial charge in [-0.1, -0.05) is 42.5 Å². The summed E-state index contributed by atoms with van der Waals surface area (Å²) in [6, 6.07) is 18.2. The minimum Gasteiger partial charge on any atom is -0.339 e. The first-order valence-corrected chi connectivity index (χ1v) is 11.7. The van der Waals surface area contributed by atoms with Gasteiger partial charge in [0.2, 0.25) is 14.9 Å². The summed E-state index contributed by atoms with van der Waals surface area (Å²) in [7, 11) is -3.85. The van der Waals surface area contributed by atoms with Crippen molar-refractivity contribution in [2.45, 2.75) is 23.3 Å². The molecule has 0 saturated heterocycles. The van der Waals surface area contributed by atoms with Gasteiger partial charge in [-0.2, -0.15) is 4.52 Å². The van der Waals surface area contributed by atoms with Crippen molar-refractivity contribution in [1.29, 1.82) is 0 Å². The monoisotopic (exact) mass is 435 g/mol. The molecule has 9 heteroatoms. The lowest BCUT2D eigenvalue weighted by Gasteiger charge is -2.09. The van der Waals surface area contributed by atoms with E-state index in [9.17, 15) is 8.42 Å². The van der Waals surface area contributed by atoms with Crippen LogP contribution in [0.15, 0.2) is 76.0 Å². The van der Waals surface area contributed by atoms with Crippen molar-refractivity contribution in [2.24, 2.45) is 0 Å². The molecular weight excluding hydrogens is 418 g/mol. The van der Waals surface area contributed by atoms with E-state index in [2.05, 4.69) is 39.7 Å². The normalized spacial score (nSPS) is 11.9. The van der Waals surface area contributed by atoms with E-state index in [1.165, 1.54) is 33.5 Å². The molecule has 30 heavy (non-hydrogen) atoms. The van der Waals surface area contributed by atoms with Crippen LogP contribution in [0.4, 0.5) is 11.5 Å². The molecule has 1 N–H and O–H groups in total. The molecule has 0 unspecified atom stereocenters. The standard InChI is InChI=1S/C21H17N5O2S2/c1-2-14-8-10-15(11-9-14)22-19-18-17(12-13-29-18)26-20(23-19)21(24-25-26)30(27,28)16-6-4-3-5-7-16/h3-13H,2H2,1H3,(H,22,23). The van der Waals surface area contributed by atoms with E-state index in [0.717, 1.165) is 22.3 Å². The molecule has 0 spiro atoms. The van der Waals surface area contributed by atoms with Crippen LogP contribution in [0.3, 0.4) is 0 Å². The van der Waals surface area contributed by atoms with Crippen molar-refractivity contribution in [3.05, 3.63) is 71.6 Å². The van der Waals surface area contributed by atoms with Crippen LogP contribution in [0, 0.1) is 0 Å². The fourth-order valence-electron chi connectivity index (χ4n) is 3.25. The van der Waals surface area contributed by atoms with E-state index in [1.807, 2.05) is 23.6 Å². The Kier molecular flexibility index (Phi) is 4.48. The molecule has 0 fully saturated rings. The summed E-state index contributed by atoms with van der Waals surface area (Å²) >= 11 is 1.51. The fourth-order valence-corrected chi connectivity index (χ4v) is 5.33. The predicted octanol–water partition coefficient (Wildman–Crippen LogP) is 4.48. The number of fused-ring (bicyclic) bond motifs is 3. The van der Waals surface area contributed by atoms with E-state index in [1.54, 1.807) is 18.2 Å². The van der Waals surface area contributed by atoms with Crippen LogP contribution in [-0.2, 0) is 16.3 Å². The number of rotatable bonds is 5. The highest BCUT2D eigenvalue weighted by Crippen LogP contribution is 2.32. The SMILES string of the molecule is CCc1ccc(Nc2nc3c(S(=O)(=O)c4ccccc4)nnn3c3ccsc23)cc1. The number of anilines is 2. The molecule has 5 aromatic rings. The summed E-state index contributed by atoms with van der Waals surface area (Å²) in [6.45, 7) is 2.11. The number of benzene rings is 2. The van der Waals surface area contributed by atoms with Crippen molar-refractivity contribution in [3.8, 4) is 0 Å². The summed E-state index contributed by atoms with van der Waals surface area (Å²) in [5.41, 5.74) is 3.05. The Labute approximate surface area is 176 Å². The second kappa shape index (κ2) is 7.19. The highest BCUT2D eigenvalue weighted by atomic mass is 32.2. The topological polar surface area (TPSA) is 89.2 Å². The molecule has 0 radical (unpaired) electrons. The summed E-state index contributed by atoms with van der Waals surface area (Å²) in [5, 5.41) is 13.1. The third kappa shape index (κ3) is 3.03. The third-order valence-electron chi connectivity index (χ3n) is 4.86. The van der Waals surface area contributed by atoms with Crippen LogP contribution in [0.1, 0.15) is 12.5 Å². The van der Waals surface area contributed by atoms with Gasteiger partial charge in [-0.05, 0) is 47.7 Å². The van der Waals surface area contributed by atoms with Gasteiger partial charge in [-0.25, -0.2) is 13.4 Å². The highest BCUT2D eigenvalue weighted by Gasteiger charge is 2.27. The number of nitrogens with one attached hydrogen (secondary N) is 1. The quantitative estimate of drug-likeness (QED) is 0.438. The second-order valence-corrected chi connectivity index (χ2v) is 9.50. The maximum Gasteiger partial charge on any atom is 0.229 e. The highest BCUT2D eigenvalue weighted by molar-refractivity contribution is 7.91. The van der Waals surface area contributed by atoms with Gasteiger partial charge in [0.05, 0.1) is 15.1 Å². The first-order chi connectivity index (χ1) is 14.6. The molecule has 0 saturated carbocycles. The number of aryl methyl sites for hydroxylation is 1. The van der Waals surface area contributed by atoms with E-state index in [0.29, 0.717) is 5.82 Å². The van der Waals surface area contributed by atoms with Gasteiger partial charge in [0, 0.05) is 5.69 Å². The lowest BCUT2D eigenvalue weighted by Crippen LogP contribution is -2.05. The zero-order chi connectivity index (χ0) is 20.7. The minimum atomic E-state index is -3.85. The predicted molar refractivity (Wildman–Crippen MR) is 117 cm³/mol. The summed E-state index contributed by atoms with van der Waals surface area (Å²) in [5.74, 6) is 0.573. The fraction of sp³-hybridized carbons (Fsp3) is 0.0952. The molecule has 3 aromatic heterocycles. The molecule has 2 aromatic carbocycles. The van der Waals surface area contributed by atoms with Gasteiger partial charge in [-0.15, -0.1) is 16.4 Å². The Balaban J connectivity index is 1.68. The molecule has 0 aliphatic rings. The largest absolute Gasteiger partial charge is 0.339 e. The number of aromatic nitrogens is 4. The van der Waals surface area contributed by atoms with Gasteiger partial charge in [0.25, 0.3) is 0 Å². The van der Waals surface area contributed by atoms with Crippen LogP contribution >= 0.6 is 11.3 Å². The molecule has 3 heterocycles. The zero-order valence-corrected chi connectivity index (χ0v) is 17.6. The van der Waals surface area contributed by atoms with E-state index in [4.69, 9.17) is 0 Å². The van der Waals surface area contributed by atoms with Crippen molar-refractivity contribution in [3.63, 3.8) is 0 Å². The Bertz CT molecular complexity index is 1460. The number of hydrogen-bond donors (Lipinski definition) is 1. The summed E-state index contributed by atoms with van der Waals surface area (Å²) in [4.78, 5) is 4.78. The minimum absolute atomic E-state index is 0.157. The first kappa shape index (κ1) is 18.7. The molecule has 0 amide bonds. The van der Waals surface area contributed by atoms with Crippen molar-refractivity contribution in [1.82, 2.24) is 19.8 Å². The summed E-state index contributed by atoms with van der Waals surface area (Å²) in [6.07, 6.45) is 0.960. The van der Waals surface area contributed by atoms with E-state index in [-0.39, 0.29) is 15.6 Å². The maximum atomic E-state index is 13.1. The third-order valence-corrected chi connectivity index (χ3v) is 7.43. The molecular formula is C21H17N5O2S2. The average Bonchev–Trinajstić information content (AvgIpc) is 3.42. The molecule has 0 bridgehead atoms. The van der Waals surface area contributed by atoms with Crippen molar-refractivity contribution >= 4 is 48.5 Å².